The van der Waals surface area contributed by atoms with Crippen molar-refractivity contribution in [3.63, 3.8) is 0 Å². The summed E-state index contributed by atoms with van der Waals surface area (Å²) in [5.41, 5.74) is -3.40. The fourth-order valence-electron chi connectivity index (χ4n) is 10.5. The second-order valence-corrected chi connectivity index (χ2v) is 22.5. The van der Waals surface area contributed by atoms with Gasteiger partial charge in [-0.3, -0.25) is 28.5 Å². The van der Waals surface area contributed by atoms with Crippen LogP contribution in [0, 0.1) is 17.8 Å². The highest BCUT2D eigenvalue weighted by Gasteiger charge is 2.57. The van der Waals surface area contributed by atoms with Gasteiger partial charge < -0.3 is 34.0 Å². The van der Waals surface area contributed by atoms with Gasteiger partial charge in [0, 0.05) is 42.5 Å². The summed E-state index contributed by atoms with van der Waals surface area (Å²) < 4.78 is 67.0. The zero-order valence-electron chi connectivity index (χ0n) is 39.0. The summed E-state index contributed by atoms with van der Waals surface area (Å²) >= 11 is 1.06. The predicted octanol–water partition coefficient (Wildman–Crippen LogP) is 7.76. The van der Waals surface area contributed by atoms with Crippen LogP contribution in [0.4, 0.5) is 8.78 Å². The lowest BCUT2D eigenvalue weighted by Crippen LogP contribution is -2.62. The largest absolute Gasteiger partial charge is 0.460 e. The number of hydrogen-bond donors (Lipinski definition) is 2. The zero-order chi connectivity index (χ0) is 49.3. The van der Waals surface area contributed by atoms with Gasteiger partial charge in [0.2, 0.25) is 17.7 Å². The smallest absolute Gasteiger partial charge is 0.390 e. The van der Waals surface area contributed by atoms with Crippen LogP contribution in [0.15, 0.2) is 115 Å². The summed E-state index contributed by atoms with van der Waals surface area (Å²) in [6.45, 7) is 2.51. The van der Waals surface area contributed by atoms with E-state index in [9.17, 15) is 24.0 Å². The van der Waals surface area contributed by atoms with Crippen LogP contribution in [0.25, 0.3) is 10.1 Å². The predicted molar refractivity (Wildman–Crippen MR) is 262 cm³/mol. The molecule has 5 fully saturated rings. The van der Waals surface area contributed by atoms with Gasteiger partial charge in [0.15, 0.2) is 0 Å². The molecule has 18 heteroatoms. The number of fused-ring (bicyclic) bond motifs is 3. The van der Waals surface area contributed by atoms with Crippen LogP contribution in [-0.4, -0.2) is 108 Å². The average molecular weight is 1010 g/mol. The molecule has 14 nitrogen and oxygen atoms in total. The zero-order valence-corrected chi connectivity index (χ0v) is 40.7. The van der Waals surface area contributed by atoms with Gasteiger partial charge in [0.25, 0.3) is 5.91 Å². The second-order valence-electron chi connectivity index (χ2n) is 19.3. The molecule has 5 heterocycles. The van der Waals surface area contributed by atoms with E-state index < -0.39 is 48.7 Å². The van der Waals surface area contributed by atoms with Gasteiger partial charge in [-0.1, -0.05) is 84.9 Å². The summed E-state index contributed by atoms with van der Waals surface area (Å²) in [7, 11) is -5.41. The monoisotopic (exact) mass is 1010 g/mol. The summed E-state index contributed by atoms with van der Waals surface area (Å²) in [5.74, 6) is -1.69. The lowest BCUT2D eigenvalue weighted by molar-refractivity contribution is -0.156. The first-order valence-electron chi connectivity index (χ1n) is 24.4. The molecule has 372 valence electrons. The van der Waals surface area contributed by atoms with Gasteiger partial charge >= 0.3 is 19.2 Å². The highest BCUT2D eigenvalue weighted by atomic mass is 32.1. The summed E-state index contributed by atoms with van der Waals surface area (Å²) in [6, 6.07) is 27.6. The van der Waals surface area contributed by atoms with E-state index in [1.54, 1.807) is 57.2 Å². The minimum absolute atomic E-state index is 0.0176. The molecule has 71 heavy (non-hydrogen) atoms. The summed E-state index contributed by atoms with van der Waals surface area (Å²) in [6.07, 6.45) is 3.53. The third-order valence-electron chi connectivity index (χ3n) is 14.5. The van der Waals surface area contributed by atoms with E-state index >= 15 is 13.3 Å². The molecule has 5 aliphatic rings. The minimum Gasteiger partial charge on any atom is -0.460 e. The maximum absolute atomic E-state index is 17.3. The number of morpholine rings is 1. The Morgan fingerprint density at radius 3 is 2.20 bits per heavy atom. The Kier molecular flexibility index (Phi) is 14.1. The number of ether oxygens (including phenoxy) is 2. The Labute approximate surface area is 414 Å². The first-order chi connectivity index (χ1) is 34.3. The number of carbonyl (C=O) groups is 5. The molecule has 0 spiro atoms. The number of hydrogen-bond acceptors (Lipinski definition) is 10. The van der Waals surface area contributed by atoms with E-state index in [0.29, 0.717) is 74.8 Å². The molecule has 0 radical (unpaired) electrons. The number of alkyl halides is 2. The molecule has 2 N–H and O–H groups in total. The standard InChI is InChI=1S/C53H56F2N5O9PS/c54-53(55,70(66,69-42-14-8-3-9-15-42)57-43(19-16-34-10-4-1-5-11-34)52(65)68-33-35-12-6-2-7-13-35)40-17-21-46-38(27-40)30-47(71-46)48(61)56-44-29-37-26-36(37)28-41-18-20-45(60(41)50(44)63)51(64)59-31-39(32-59)49(62)58-22-24-67-25-23-58/h1-15,17,21,27,30,36-37,39,41,43-45H,16,18-20,22-26,28-29,31-33H2,(H,56,61)(H,57,66)/t36-,37+,41-,43+,44+,45+,70?/m1/s1. The molecule has 1 aliphatic carbocycles. The Bertz CT molecular complexity index is 2810. The van der Waals surface area contributed by atoms with Gasteiger partial charge in [-0.15, -0.1) is 11.3 Å². The van der Waals surface area contributed by atoms with Crippen LogP contribution in [0.2, 0.25) is 0 Å². The molecule has 1 unspecified atom stereocenters. The molecular formula is C53H56F2N5O9PS. The van der Waals surface area contributed by atoms with Gasteiger partial charge in [0.1, 0.15) is 30.5 Å². The van der Waals surface area contributed by atoms with Gasteiger partial charge in [-0.05, 0) is 104 Å². The first-order valence-corrected chi connectivity index (χ1v) is 26.8. The third-order valence-corrected chi connectivity index (χ3v) is 17.8. The third kappa shape index (κ3) is 10.5. The van der Waals surface area contributed by atoms with Crippen LogP contribution < -0.4 is 14.9 Å². The molecule has 7 atom stereocenters. The van der Waals surface area contributed by atoms with Gasteiger partial charge in [-0.2, -0.15) is 8.78 Å². The number of aryl methyl sites for hydroxylation is 1. The SMILES string of the molecule is O=C(N[C@H]1C[C@@H]2C[C@@H]2C[C@H]2CC[C@@H](C(=O)N3CC(C(=O)N4CCOCC4)C3)N2C1=O)c1cc2cc(C(F)(F)P(=O)(N[C@@H](CCc3ccccc3)C(=O)OCc3ccccc3)Oc3ccccc3)ccc2s1. The molecule has 4 amide bonds. The maximum atomic E-state index is 17.3. The van der Waals surface area contributed by atoms with E-state index in [-0.39, 0.29) is 71.1 Å². The number of amides is 4. The van der Waals surface area contributed by atoms with Crippen LogP contribution in [0.3, 0.4) is 0 Å². The number of nitrogens with zero attached hydrogens (tertiary/aromatic N) is 3. The Morgan fingerprint density at radius 1 is 0.803 bits per heavy atom. The molecule has 4 aromatic carbocycles. The van der Waals surface area contributed by atoms with Crippen molar-refractivity contribution in [2.45, 2.75) is 81.4 Å². The lowest BCUT2D eigenvalue weighted by Gasteiger charge is -2.44. The molecule has 4 saturated heterocycles. The van der Waals surface area contributed by atoms with E-state index in [1.807, 2.05) is 36.4 Å². The quantitative estimate of drug-likeness (QED) is 0.0738. The highest BCUT2D eigenvalue weighted by molar-refractivity contribution is 7.58. The van der Waals surface area contributed by atoms with Crippen molar-refractivity contribution >= 4 is 58.5 Å². The van der Waals surface area contributed by atoms with Crippen LogP contribution >= 0.6 is 18.9 Å². The number of halogens is 2. The van der Waals surface area contributed by atoms with Gasteiger partial charge in [0.05, 0.1) is 24.0 Å². The van der Waals surface area contributed by atoms with Crippen LogP contribution in [0.5, 0.6) is 5.75 Å². The van der Waals surface area contributed by atoms with Gasteiger partial charge in [-0.25, -0.2) is 5.09 Å². The molecule has 0 bridgehead atoms. The topological polar surface area (TPSA) is 164 Å². The van der Waals surface area contributed by atoms with E-state index in [1.165, 1.54) is 24.3 Å². The van der Waals surface area contributed by atoms with Crippen molar-refractivity contribution in [2.24, 2.45) is 17.8 Å². The van der Waals surface area contributed by atoms with Crippen molar-refractivity contribution < 1.29 is 51.3 Å². The normalized spacial score (nSPS) is 23.5. The number of benzene rings is 4. The number of carbonyl (C=O) groups excluding carboxylic acids is 5. The lowest BCUT2D eigenvalue weighted by atomic mass is 9.96. The van der Waals surface area contributed by atoms with Crippen LogP contribution in [-0.2, 0) is 51.9 Å². The molecule has 4 aliphatic heterocycles. The van der Waals surface area contributed by atoms with Crippen molar-refractivity contribution in [1.82, 2.24) is 25.1 Å². The van der Waals surface area contributed by atoms with Crippen molar-refractivity contribution in [3.8, 4) is 5.75 Å². The first kappa shape index (κ1) is 48.6. The molecular weight excluding hydrogens is 952 g/mol. The summed E-state index contributed by atoms with van der Waals surface area (Å²) in [5, 5.41) is 5.71. The number of thiophene rings is 1. The Morgan fingerprint density at radius 2 is 1.48 bits per heavy atom. The van der Waals surface area contributed by atoms with E-state index in [2.05, 4.69) is 10.4 Å². The number of rotatable bonds is 16. The molecule has 5 aromatic rings. The minimum atomic E-state index is -5.41. The van der Waals surface area contributed by atoms with Crippen LogP contribution in [0.1, 0.15) is 64.9 Å². The maximum Gasteiger partial charge on any atom is 0.390 e. The number of likely N-dealkylation sites (tertiary alicyclic amines) is 1. The van der Waals surface area contributed by atoms with E-state index in [0.717, 1.165) is 41.9 Å². The molecule has 1 aromatic heterocycles. The highest BCUT2D eigenvalue weighted by Crippen LogP contribution is 2.63. The van der Waals surface area contributed by atoms with E-state index in [4.69, 9.17) is 14.0 Å². The number of para-hydroxylation sites is 1. The molecule has 1 saturated carbocycles. The Balaban J connectivity index is 0.864. The van der Waals surface area contributed by atoms with Crippen molar-refractivity contribution in [3.05, 3.63) is 137 Å². The van der Waals surface area contributed by atoms with Crippen molar-refractivity contribution in [1.29, 1.82) is 0 Å². The fourth-order valence-corrected chi connectivity index (χ4v) is 13.3. The summed E-state index contributed by atoms with van der Waals surface area (Å²) in [4.78, 5) is 74.9. The number of nitrogens with one attached hydrogen (secondary N) is 2. The fraction of sp³-hybridized carbons (Fsp3) is 0.415. The number of esters is 1. The average Bonchev–Trinajstić information content (AvgIpc) is 3.71. The van der Waals surface area contributed by atoms with Crippen molar-refractivity contribution in [2.75, 3.05) is 39.4 Å². The second kappa shape index (κ2) is 20.6. The Hall–Kier alpha value is -6.00. The molecule has 10 rings (SSSR count).